The van der Waals surface area contributed by atoms with E-state index in [1.807, 2.05) is 0 Å². The maximum absolute atomic E-state index is 12.5. The number of likely N-dealkylation sites (N-methyl/N-ethyl adjacent to an activating group) is 1. The molecule has 0 bridgehead atoms. The second-order valence-electron chi connectivity index (χ2n) is 5.10. The SMILES string of the molecule is CN(C)C(=O)CN(CC(F)(F)F)C(=O)C1CCCCN1. The van der Waals surface area contributed by atoms with Crippen molar-refractivity contribution in [2.75, 3.05) is 33.7 Å². The number of nitrogens with one attached hydrogen (secondary N) is 1. The van der Waals surface area contributed by atoms with E-state index in [-0.39, 0.29) is 0 Å². The van der Waals surface area contributed by atoms with E-state index in [0.29, 0.717) is 17.9 Å². The molecule has 1 saturated heterocycles. The van der Waals surface area contributed by atoms with Crippen LogP contribution in [0, 0.1) is 0 Å². The number of halogens is 3. The van der Waals surface area contributed by atoms with Crippen LogP contribution in [0.2, 0.25) is 0 Å². The first-order valence-electron chi connectivity index (χ1n) is 6.50. The predicted octanol–water partition coefficient (Wildman–Crippen LogP) is 0.608. The molecular formula is C12H20F3N3O2. The number of piperidine rings is 1. The van der Waals surface area contributed by atoms with E-state index < -0.39 is 37.1 Å². The van der Waals surface area contributed by atoms with Crippen LogP contribution in [-0.4, -0.2) is 67.6 Å². The molecule has 1 heterocycles. The first kappa shape index (κ1) is 16.7. The molecule has 1 rings (SSSR count). The lowest BCUT2D eigenvalue weighted by Crippen LogP contribution is -2.53. The van der Waals surface area contributed by atoms with Gasteiger partial charge < -0.3 is 15.1 Å². The highest BCUT2D eigenvalue weighted by Gasteiger charge is 2.36. The van der Waals surface area contributed by atoms with E-state index in [9.17, 15) is 22.8 Å². The van der Waals surface area contributed by atoms with Gasteiger partial charge in [0.05, 0.1) is 6.04 Å². The minimum Gasteiger partial charge on any atom is -0.347 e. The fourth-order valence-corrected chi connectivity index (χ4v) is 2.02. The van der Waals surface area contributed by atoms with Crippen molar-refractivity contribution in [2.24, 2.45) is 0 Å². The Bertz CT molecular complexity index is 352. The van der Waals surface area contributed by atoms with E-state index in [2.05, 4.69) is 5.32 Å². The molecule has 116 valence electrons. The Morgan fingerprint density at radius 1 is 1.25 bits per heavy atom. The summed E-state index contributed by atoms with van der Waals surface area (Å²) in [4.78, 5) is 25.5. The van der Waals surface area contributed by atoms with Gasteiger partial charge in [-0.1, -0.05) is 6.42 Å². The van der Waals surface area contributed by atoms with Crippen LogP contribution in [0.4, 0.5) is 13.2 Å². The molecule has 20 heavy (non-hydrogen) atoms. The molecule has 1 aliphatic rings. The molecule has 0 saturated carbocycles. The number of rotatable bonds is 4. The fourth-order valence-electron chi connectivity index (χ4n) is 2.02. The normalized spacial score (nSPS) is 19.6. The van der Waals surface area contributed by atoms with E-state index in [1.165, 1.54) is 19.0 Å². The van der Waals surface area contributed by atoms with Crippen LogP contribution < -0.4 is 5.32 Å². The molecule has 2 amide bonds. The van der Waals surface area contributed by atoms with Gasteiger partial charge >= 0.3 is 6.18 Å². The Balaban J connectivity index is 2.74. The number of amides is 2. The van der Waals surface area contributed by atoms with Crippen molar-refractivity contribution < 1.29 is 22.8 Å². The molecule has 0 radical (unpaired) electrons. The first-order chi connectivity index (χ1) is 9.20. The van der Waals surface area contributed by atoms with E-state index in [1.54, 1.807) is 0 Å². The number of carbonyl (C=O) groups is 2. The van der Waals surface area contributed by atoms with Gasteiger partial charge in [-0.25, -0.2) is 0 Å². The lowest BCUT2D eigenvalue weighted by atomic mass is 10.0. The molecule has 1 unspecified atom stereocenters. The van der Waals surface area contributed by atoms with Crippen molar-refractivity contribution in [2.45, 2.75) is 31.5 Å². The molecule has 5 nitrogen and oxygen atoms in total. The minimum atomic E-state index is -4.52. The van der Waals surface area contributed by atoms with Crippen molar-refractivity contribution in [1.82, 2.24) is 15.1 Å². The van der Waals surface area contributed by atoms with Gasteiger partial charge in [0, 0.05) is 14.1 Å². The summed E-state index contributed by atoms with van der Waals surface area (Å²) in [6.45, 7) is -1.34. The topological polar surface area (TPSA) is 52.7 Å². The van der Waals surface area contributed by atoms with Crippen molar-refractivity contribution in [1.29, 1.82) is 0 Å². The Morgan fingerprint density at radius 2 is 1.90 bits per heavy atom. The minimum absolute atomic E-state index is 0.503. The highest BCUT2D eigenvalue weighted by Crippen LogP contribution is 2.18. The fraction of sp³-hybridized carbons (Fsp3) is 0.833. The monoisotopic (exact) mass is 295 g/mol. The zero-order valence-corrected chi connectivity index (χ0v) is 11.7. The van der Waals surface area contributed by atoms with Gasteiger partial charge in [-0.3, -0.25) is 9.59 Å². The third-order valence-corrected chi connectivity index (χ3v) is 3.12. The summed E-state index contributed by atoms with van der Waals surface area (Å²) < 4.78 is 37.6. The van der Waals surface area contributed by atoms with Crippen LogP contribution in [-0.2, 0) is 9.59 Å². The van der Waals surface area contributed by atoms with E-state index in [0.717, 1.165) is 12.8 Å². The smallest absolute Gasteiger partial charge is 0.347 e. The lowest BCUT2D eigenvalue weighted by Gasteiger charge is -2.30. The van der Waals surface area contributed by atoms with Crippen molar-refractivity contribution >= 4 is 11.8 Å². The second kappa shape index (κ2) is 6.92. The van der Waals surface area contributed by atoms with Crippen molar-refractivity contribution in [3.05, 3.63) is 0 Å². The van der Waals surface area contributed by atoms with Gasteiger partial charge in [0.2, 0.25) is 11.8 Å². The van der Waals surface area contributed by atoms with E-state index >= 15 is 0 Å². The average molecular weight is 295 g/mol. The largest absolute Gasteiger partial charge is 0.406 e. The van der Waals surface area contributed by atoms with Gasteiger partial charge in [0.1, 0.15) is 13.1 Å². The van der Waals surface area contributed by atoms with Crippen LogP contribution in [0.5, 0.6) is 0 Å². The molecule has 0 aromatic rings. The second-order valence-corrected chi connectivity index (χ2v) is 5.10. The molecule has 1 atom stereocenters. The zero-order chi connectivity index (χ0) is 15.3. The summed E-state index contributed by atoms with van der Waals surface area (Å²) in [6.07, 6.45) is -2.31. The van der Waals surface area contributed by atoms with Gasteiger partial charge in [-0.05, 0) is 19.4 Å². The van der Waals surface area contributed by atoms with Gasteiger partial charge in [-0.2, -0.15) is 13.2 Å². The summed E-state index contributed by atoms with van der Waals surface area (Å²) in [6, 6.07) is -0.624. The third kappa shape index (κ3) is 5.36. The number of alkyl halides is 3. The van der Waals surface area contributed by atoms with Crippen LogP contribution in [0.1, 0.15) is 19.3 Å². The van der Waals surface area contributed by atoms with Gasteiger partial charge in [0.25, 0.3) is 0 Å². The number of hydrogen-bond acceptors (Lipinski definition) is 3. The highest BCUT2D eigenvalue weighted by atomic mass is 19.4. The Hall–Kier alpha value is -1.31. The van der Waals surface area contributed by atoms with Gasteiger partial charge in [-0.15, -0.1) is 0 Å². The first-order valence-corrected chi connectivity index (χ1v) is 6.50. The number of hydrogen-bond donors (Lipinski definition) is 1. The van der Waals surface area contributed by atoms with Gasteiger partial charge in [0.15, 0.2) is 0 Å². The molecule has 8 heteroatoms. The zero-order valence-electron chi connectivity index (χ0n) is 11.7. The van der Waals surface area contributed by atoms with Crippen LogP contribution in [0.3, 0.4) is 0 Å². The number of nitrogens with zero attached hydrogens (tertiary/aromatic N) is 2. The van der Waals surface area contributed by atoms with Crippen molar-refractivity contribution in [3.63, 3.8) is 0 Å². The summed E-state index contributed by atoms with van der Waals surface area (Å²) in [5.74, 6) is -1.18. The van der Waals surface area contributed by atoms with Crippen molar-refractivity contribution in [3.8, 4) is 0 Å². The molecule has 0 aromatic heterocycles. The molecular weight excluding hydrogens is 275 g/mol. The van der Waals surface area contributed by atoms with Crippen LogP contribution in [0.25, 0.3) is 0 Å². The maximum atomic E-state index is 12.5. The third-order valence-electron chi connectivity index (χ3n) is 3.12. The molecule has 0 aliphatic carbocycles. The Labute approximate surface area is 116 Å². The summed E-state index contributed by atoms with van der Waals surface area (Å²) >= 11 is 0. The van der Waals surface area contributed by atoms with E-state index in [4.69, 9.17) is 0 Å². The molecule has 0 spiro atoms. The Morgan fingerprint density at radius 3 is 2.35 bits per heavy atom. The van der Waals surface area contributed by atoms with Crippen LogP contribution in [0.15, 0.2) is 0 Å². The summed E-state index contributed by atoms with van der Waals surface area (Å²) in [5, 5.41) is 2.90. The maximum Gasteiger partial charge on any atom is 0.406 e. The summed E-state index contributed by atoms with van der Waals surface area (Å²) in [5.41, 5.74) is 0. The predicted molar refractivity (Wildman–Crippen MR) is 67.0 cm³/mol. The summed E-state index contributed by atoms with van der Waals surface area (Å²) in [7, 11) is 2.88. The molecule has 1 N–H and O–H groups in total. The molecule has 0 aromatic carbocycles. The average Bonchev–Trinajstić information content (AvgIpc) is 2.36. The molecule has 1 fully saturated rings. The number of carbonyl (C=O) groups excluding carboxylic acids is 2. The molecule has 1 aliphatic heterocycles. The Kier molecular flexibility index (Phi) is 5.79. The standard InChI is InChI=1S/C12H20F3N3O2/c1-17(2)10(19)7-18(8-12(13,14)15)11(20)9-5-3-4-6-16-9/h9,16H,3-8H2,1-2H3. The highest BCUT2D eigenvalue weighted by molar-refractivity contribution is 5.87. The quantitative estimate of drug-likeness (QED) is 0.827. The van der Waals surface area contributed by atoms with Crippen LogP contribution >= 0.6 is 0 Å². The lowest BCUT2D eigenvalue weighted by molar-refractivity contribution is -0.165.